The minimum absolute atomic E-state index is 0. The predicted octanol–water partition coefficient (Wildman–Crippen LogP) is 4.99. The molecule has 1 aliphatic rings. The number of amides is 1. The van der Waals surface area contributed by atoms with Crippen molar-refractivity contribution in [2.45, 2.75) is 19.7 Å². The summed E-state index contributed by atoms with van der Waals surface area (Å²) in [6, 6.07) is 15.2. The smallest absolute Gasteiger partial charge is 0.274 e. The molecule has 0 fully saturated rings. The average Bonchev–Trinajstić information content (AvgIpc) is 3.38. The van der Waals surface area contributed by atoms with Crippen LogP contribution in [0.25, 0.3) is 10.6 Å². The van der Waals surface area contributed by atoms with E-state index in [1.807, 2.05) is 36.4 Å². The molecule has 2 aromatic carbocycles. The van der Waals surface area contributed by atoms with Crippen LogP contribution in [-0.2, 0) is 19.7 Å². The Balaban J connectivity index is 0.00000289. The van der Waals surface area contributed by atoms with Crippen molar-refractivity contribution in [3.63, 3.8) is 0 Å². The largest absolute Gasteiger partial charge is 0.503 e. The van der Waals surface area contributed by atoms with Crippen molar-refractivity contribution in [1.82, 2.24) is 14.5 Å². The number of thiazole rings is 1. The van der Waals surface area contributed by atoms with E-state index in [0.29, 0.717) is 42.0 Å². The van der Waals surface area contributed by atoms with Gasteiger partial charge in [0, 0.05) is 37.4 Å². The zero-order chi connectivity index (χ0) is 23.7. The molecule has 1 amide bonds. The maximum Gasteiger partial charge on any atom is 0.274 e. The van der Waals surface area contributed by atoms with E-state index in [0.717, 1.165) is 11.1 Å². The molecule has 3 heterocycles. The van der Waals surface area contributed by atoms with Gasteiger partial charge in [0.25, 0.3) is 5.91 Å². The van der Waals surface area contributed by atoms with E-state index in [-0.39, 0.29) is 23.7 Å². The lowest BCUT2D eigenvalue weighted by Gasteiger charge is -2.30. The number of pyridine rings is 1. The Morgan fingerprint density at radius 1 is 1.09 bits per heavy atom. The minimum atomic E-state index is -0.598. The average molecular weight is 530 g/mol. The number of hydrogen-bond acceptors (Lipinski definition) is 6. The molecule has 7 nitrogen and oxygen atoms in total. The molecule has 2 aromatic heterocycles. The Bertz CT molecular complexity index is 1410. The molecule has 1 aliphatic heterocycles. The fourth-order valence-electron chi connectivity index (χ4n) is 3.91. The van der Waals surface area contributed by atoms with E-state index >= 15 is 0 Å². The van der Waals surface area contributed by atoms with Crippen LogP contribution in [0.15, 0.2) is 71.1 Å². The number of fused-ring (bicyclic) bond motifs is 1. The Kier molecular flexibility index (Phi) is 7.45. The zero-order valence-electron chi connectivity index (χ0n) is 18.4. The van der Waals surface area contributed by atoms with E-state index in [9.17, 15) is 14.7 Å². The highest BCUT2D eigenvalue weighted by Crippen LogP contribution is 2.29. The molecule has 0 spiro atoms. The second-order valence-electron chi connectivity index (χ2n) is 7.87. The Labute approximate surface area is 216 Å². The van der Waals surface area contributed by atoms with Crippen LogP contribution in [0.2, 0.25) is 5.02 Å². The van der Waals surface area contributed by atoms with Gasteiger partial charge in [0.05, 0.1) is 10.6 Å². The van der Waals surface area contributed by atoms with E-state index in [1.54, 1.807) is 39.4 Å². The summed E-state index contributed by atoms with van der Waals surface area (Å²) < 4.78 is 7.44. The normalized spacial score (nSPS) is 12.7. The Morgan fingerprint density at radius 3 is 2.60 bits per heavy atom. The molecule has 0 unspecified atom stereocenters. The number of aromatic hydroxyl groups is 1. The molecule has 0 bridgehead atoms. The number of ether oxygens (including phenoxy) is 1. The van der Waals surface area contributed by atoms with Crippen LogP contribution < -0.4 is 10.2 Å². The van der Waals surface area contributed by atoms with Crippen molar-refractivity contribution >= 4 is 41.3 Å². The van der Waals surface area contributed by atoms with Gasteiger partial charge in [0.2, 0.25) is 5.43 Å². The second-order valence-corrected chi connectivity index (χ2v) is 9.17. The van der Waals surface area contributed by atoms with Crippen molar-refractivity contribution in [3.05, 3.63) is 98.4 Å². The van der Waals surface area contributed by atoms with Gasteiger partial charge in [-0.2, -0.15) is 0 Å². The van der Waals surface area contributed by atoms with Crippen molar-refractivity contribution in [3.8, 4) is 22.1 Å². The lowest BCUT2D eigenvalue weighted by Crippen LogP contribution is -2.41. The standard InChI is InChI=1S/C25H20ClN3O4S.ClH/c26-19-12-17(6-7-20(19)33-15-16-4-2-1-3-5-16)13-29-10-9-28-14-18(24-27-8-11-34-24)22(30)23(31)21(28)25(29)32;/h1-8,11-12,14,31H,9-10,13,15H2;1H. The molecule has 0 saturated heterocycles. The fraction of sp³-hybridized carbons (Fsp3) is 0.160. The number of carbonyl (C=O) groups excluding carboxylic acids is 1. The predicted molar refractivity (Wildman–Crippen MR) is 138 cm³/mol. The highest BCUT2D eigenvalue weighted by Gasteiger charge is 2.30. The number of aromatic nitrogens is 2. The number of rotatable bonds is 6. The molecule has 35 heavy (non-hydrogen) atoms. The molecule has 5 rings (SSSR count). The van der Waals surface area contributed by atoms with Crippen LogP contribution in [0.4, 0.5) is 0 Å². The molecule has 0 saturated carbocycles. The topological polar surface area (TPSA) is 84.7 Å². The van der Waals surface area contributed by atoms with Gasteiger partial charge >= 0.3 is 0 Å². The van der Waals surface area contributed by atoms with Crippen LogP contribution in [0, 0.1) is 0 Å². The molecule has 4 aromatic rings. The van der Waals surface area contributed by atoms with Gasteiger partial charge in [-0.1, -0.05) is 48.0 Å². The van der Waals surface area contributed by atoms with Gasteiger partial charge in [-0.05, 0) is 23.3 Å². The number of benzene rings is 2. The quantitative estimate of drug-likeness (QED) is 0.380. The maximum absolute atomic E-state index is 13.1. The lowest BCUT2D eigenvalue weighted by atomic mass is 10.1. The zero-order valence-corrected chi connectivity index (χ0v) is 20.8. The molecule has 0 atom stereocenters. The Hall–Kier alpha value is -3.33. The summed E-state index contributed by atoms with van der Waals surface area (Å²) in [4.78, 5) is 31.6. The minimum Gasteiger partial charge on any atom is -0.503 e. The number of nitrogens with zero attached hydrogens (tertiary/aromatic N) is 3. The molecule has 0 radical (unpaired) electrons. The highest BCUT2D eigenvalue weighted by atomic mass is 35.5. The number of halogens is 2. The van der Waals surface area contributed by atoms with Gasteiger partial charge in [-0.15, -0.1) is 23.7 Å². The first-order valence-electron chi connectivity index (χ1n) is 10.6. The van der Waals surface area contributed by atoms with Gasteiger partial charge in [0.15, 0.2) is 11.4 Å². The third kappa shape index (κ3) is 5.05. The van der Waals surface area contributed by atoms with Crippen molar-refractivity contribution in [2.24, 2.45) is 0 Å². The first-order valence-corrected chi connectivity index (χ1v) is 11.9. The molecular formula is C25H21Cl2N3O4S. The molecular weight excluding hydrogens is 509 g/mol. The second kappa shape index (κ2) is 10.5. The van der Waals surface area contributed by atoms with Gasteiger partial charge < -0.3 is 19.3 Å². The van der Waals surface area contributed by atoms with Crippen LogP contribution in [0.3, 0.4) is 0 Å². The monoisotopic (exact) mass is 529 g/mol. The number of hydrogen-bond donors (Lipinski definition) is 1. The highest BCUT2D eigenvalue weighted by molar-refractivity contribution is 7.13. The molecule has 10 heteroatoms. The molecule has 0 aliphatic carbocycles. The SMILES string of the molecule is Cl.O=C1c2c(O)c(=O)c(-c3nccs3)cn2CCN1Cc1ccc(OCc2ccccc2)c(Cl)c1. The summed E-state index contributed by atoms with van der Waals surface area (Å²) in [5.74, 6) is -0.402. The summed E-state index contributed by atoms with van der Waals surface area (Å²) in [5, 5.41) is 13.3. The third-order valence-electron chi connectivity index (χ3n) is 5.63. The molecule has 180 valence electrons. The summed E-state index contributed by atoms with van der Waals surface area (Å²) in [6.07, 6.45) is 3.19. The van der Waals surface area contributed by atoms with Crippen LogP contribution in [-0.4, -0.2) is 32.0 Å². The van der Waals surface area contributed by atoms with Crippen molar-refractivity contribution in [2.75, 3.05) is 6.54 Å². The van der Waals surface area contributed by atoms with Crippen molar-refractivity contribution < 1.29 is 14.6 Å². The lowest BCUT2D eigenvalue weighted by molar-refractivity contribution is 0.0683. The summed E-state index contributed by atoms with van der Waals surface area (Å²) in [5.41, 5.74) is 1.54. The van der Waals surface area contributed by atoms with Gasteiger partial charge in [-0.25, -0.2) is 4.98 Å². The van der Waals surface area contributed by atoms with E-state index in [2.05, 4.69) is 4.98 Å². The fourth-order valence-corrected chi connectivity index (χ4v) is 4.81. The summed E-state index contributed by atoms with van der Waals surface area (Å²) in [7, 11) is 0. The number of carbonyl (C=O) groups is 1. The van der Waals surface area contributed by atoms with Crippen LogP contribution in [0.1, 0.15) is 21.6 Å². The van der Waals surface area contributed by atoms with E-state index in [1.165, 1.54) is 11.3 Å². The van der Waals surface area contributed by atoms with Crippen molar-refractivity contribution in [1.29, 1.82) is 0 Å². The van der Waals surface area contributed by atoms with Crippen LogP contribution in [0.5, 0.6) is 11.5 Å². The summed E-state index contributed by atoms with van der Waals surface area (Å²) in [6.45, 7) is 1.56. The van der Waals surface area contributed by atoms with Gasteiger partial charge in [-0.3, -0.25) is 9.59 Å². The van der Waals surface area contributed by atoms with Crippen LogP contribution >= 0.6 is 35.3 Å². The summed E-state index contributed by atoms with van der Waals surface area (Å²) >= 11 is 7.73. The van der Waals surface area contributed by atoms with Gasteiger partial charge in [0.1, 0.15) is 17.4 Å². The maximum atomic E-state index is 13.1. The van der Waals surface area contributed by atoms with E-state index < -0.39 is 17.1 Å². The molecule has 1 N–H and O–H groups in total. The Morgan fingerprint density at radius 2 is 1.89 bits per heavy atom. The first kappa shape index (κ1) is 24.8. The van der Waals surface area contributed by atoms with E-state index in [4.69, 9.17) is 16.3 Å². The first-order chi connectivity index (χ1) is 16.5. The third-order valence-corrected chi connectivity index (χ3v) is 6.73.